The molecule has 0 aliphatic heterocycles. The van der Waals surface area contributed by atoms with Crippen molar-refractivity contribution in [3.8, 4) is 17.0 Å². The number of nitrogens with one attached hydrogen (secondary N) is 1. The maximum Gasteiger partial charge on any atom is 0.405 e. The standard InChI is InChI=1S/C18H21Cl2N3O3/c1-11(2)9-18(3,23-17(24)25)10-26-15-5-4-12(8-13(15)19)14-6-7-21-16(20)22-14/h4-8,11,23H,9-10H2,1-3H3,(H,24,25). The summed E-state index contributed by atoms with van der Waals surface area (Å²) in [5.74, 6) is 0.772. The molecular weight excluding hydrogens is 377 g/mol. The van der Waals surface area contributed by atoms with Crippen LogP contribution in [0.3, 0.4) is 0 Å². The van der Waals surface area contributed by atoms with Gasteiger partial charge < -0.3 is 15.2 Å². The van der Waals surface area contributed by atoms with Gasteiger partial charge in [0.2, 0.25) is 5.28 Å². The first kappa shape index (κ1) is 20.3. The summed E-state index contributed by atoms with van der Waals surface area (Å²) < 4.78 is 5.80. The molecule has 0 saturated heterocycles. The van der Waals surface area contributed by atoms with E-state index in [9.17, 15) is 4.79 Å². The number of amides is 1. The van der Waals surface area contributed by atoms with Gasteiger partial charge in [0.15, 0.2) is 0 Å². The molecule has 0 spiro atoms. The van der Waals surface area contributed by atoms with E-state index in [1.165, 1.54) is 0 Å². The second-order valence-electron chi connectivity index (χ2n) is 6.73. The lowest BCUT2D eigenvalue weighted by molar-refractivity contribution is 0.143. The summed E-state index contributed by atoms with van der Waals surface area (Å²) in [6.07, 6.45) is 1.12. The predicted octanol–water partition coefficient (Wildman–Crippen LogP) is 4.90. The third-order valence-corrected chi connectivity index (χ3v) is 4.15. The first-order valence-electron chi connectivity index (χ1n) is 8.11. The number of rotatable bonds is 7. The van der Waals surface area contributed by atoms with Crippen molar-refractivity contribution in [1.29, 1.82) is 0 Å². The minimum atomic E-state index is -1.08. The van der Waals surface area contributed by atoms with E-state index in [2.05, 4.69) is 15.3 Å². The molecule has 0 aliphatic rings. The number of hydrogen-bond donors (Lipinski definition) is 2. The molecule has 0 radical (unpaired) electrons. The molecule has 1 heterocycles. The fourth-order valence-electron chi connectivity index (χ4n) is 2.82. The smallest absolute Gasteiger partial charge is 0.405 e. The van der Waals surface area contributed by atoms with E-state index in [4.69, 9.17) is 33.0 Å². The Morgan fingerprint density at radius 3 is 2.65 bits per heavy atom. The Morgan fingerprint density at radius 1 is 1.35 bits per heavy atom. The summed E-state index contributed by atoms with van der Waals surface area (Å²) in [7, 11) is 0. The van der Waals surface area contributed by atoms with E-state index in [1.54, 1.807) is 24.4 Å². The average Bonchev–Trinajstić information content (AvgIpc) is 2.52. The van der Waals surface area contributed by atoms with Crippen LogP contribution in [0.4, 0.5) is 4.79 Å². The Hall–Kier alpha value is -2.05. The maximum atomic E-state index is 11.1. The van der Waals surface area contributed by atoms with Gasteiger partial charge in [-0.05, 0) is 55.1 Å². The van der Waals surface area contributed by atoms with Gasteiger partial charge in [0, 0.05) is 11.8 Å². The monoisotopic (exact) mass is 397 g/mol. The second kappa shape index (κ2) is 8.56. The molecule has 6 nitrogen and oxygen atoms in total. The van der Waals surface area contributed by atoms with E-state index >= 15 is 0 Å². The Balaban J connectivity index is 2.15. The zero-order valence-electron chi connectivity index (χ0n) is 14.8. The molecule has 1 aromatic heterocycles. The van der Waals surface area contributed by atoms with Crippen LogP contribution in [0, 0.1) is 5.92 Å². The Bertz CT molecular complexity index is 786. The number of hydrogen-bond acceptors (Lipinski definition) is 4. The summed E-state index contributed by atoms with van der Waals surface area (Å²) in [6.45, 7) is 6.02. The van der Waals surface area contributed by atoms with Crippen molar-refractivity contribution in [2.24, 2.45) is 5.92 Å². The molecule has 0 bridgehead atoms. The highest BCUT2D eigenvalue weighted by Gasteiger charge is 2.28. The molecule has 2 aromatic rings. The van der Waals surface area contributed by atoms with Crippen LogP contribution in [0.5, 0.6) is 5.75 Å². The topological polar surface area (TPSA) is 84.3 Å². The molecule has 0 fully saturated rings. The van der Waals surface area contributed by atoms with E-state index in [0.717, 1.165) is 5.56 Å². The van der Waals surface area contributed by atoms with Gasteiger partial charge in [-0.15, -0.1) is 0 Å². The van der Waals surface area contributed by atoms with Gasteiger partial charge in [0.1, 0.15) is 12.4 Å². The molecule has 1 atom stereocenters. The predicted molar refractivity (Wildman–Crippen MR) is 102 cm³/mol. The number of halogens is 2. The third kappa shape index (κ3) is 5.75. The first-order valence-corrected chi connectivity index (χ1v) is 8.86. The third-order valence-electron chi connectivity index (χ3n) is 3.67. The zero-order valence-corrected chi connectivity index (χ0v) is 16.3. The highest BCUT2D eigenvalue weighted by Crippen LogP contribution is 2.31. The van der Waals surface area contributed by atoms with Gasteiger partial charge in [-0.1, -0.05) is 25.4 Å². The van der Waals surface area contributed by atoms with Crippen LogP contribution >= 0.6 is 23.2 Å². The Kier molecular flexibility index (Phi) is 6.67. The van der Waals surface area contributed by atoms with Crippen molar-refractivity contribution in [2.75, 3.05) is 6.61 Å². The van der Waals surface area contributed by atoms with Crippen molar-refractivity contribution >= 4 is 29.3 Å². The maximum absolute atomic E-state index is 11.1. The van der Waals surface area contributed by atoms with Crippen LogP contribution in [0.2, 0.25) is 10.3 Å². The van der Waals surface area contributed by atoms with Gasteiger partial charge in [-0.25, -0.2) is 14.8 Å². The van der Waals surface area contributed by atoms with Gasteiger partial charge in [0.05, 0.1) is 16.3 Å². The number of ether oxygens (including phenoxy) is 1. The lowest BCUT2D eigenvalue weighted by Crippen LogP contribution is -2.50. The van der Waals surface area contributed by atoms with Gasteiger partial charge in [-0.3, -0.25) is 0 Å². The molecule has 1 amide bonds. The Morgan fingerprint density at radius 2 is 2.08 bits per heavy atom. The molecule has 1 aromatic carbocycles. The average molecular weight is 398 g/mol. The van der Waals surface area contributed by atoms with Crippen molar-refractivity contribution in [2.45, 2.75) is 32.7 Å². The molecule has 26 heavy (non-hydrogen) atoms. The Labute approximate surface area is 162 Å². The summed E-state index contributed by atoms with van der Waals surface area (Å²) in [5.41, 5.74) is 0.707. The molecule has 2 rings (SSSR count). The fraction of sp³-hybridized carbons (Fsp3) is 0.389. The normalized spacial score (nSPS) is 13.3. The van der Waals surface area contributed by atoms with E-state index in [0.29, 0.717) is 28.8 Å². The van der Waals surface area contributed by atoms with Gasteiger partial charge in [-0.2, -0.15) is 0 Å². The molecule has 1 unspecified atom stereocenters. The van der Waals surface area contributed by atoms with Crippen LogP contribution in [-0.4, -0.2) is 33.3 Å². The minimum absolute atomic E-state index is 0.156. The molecule has 8 heteroatoms. The van der Waals surface area contributed by atoms with E-state index in [-0.39, 0.29) is 11.9 Å². The quantitative estimate of drug-likeness (QED) is 0.648. The lowest BCUT2D eigenvalue weighted by Gasteiger charge is -2.31. The van der Waals surface area contributed by atoms with Crippen molar-refractivity contribution in [3.05, 3.63) is 40.8 Å². The second-order valence-corrected chi connectivity index (χ2v) is 7.48. The number of carbonyl (C=O) groups is 1. The molecule has 0 aliphatic carbocycles. The van der Waals surface area contributed by atoms with Crippen LogP contribution < -0.4 is 10.1 Å². The molecule has 0 saturated carbocycles. The van der Waals surface area contributed by atoms with Crippen molar-refractivity contribution in [3.63, 3.8) is 0 Å². The highest BCUT2D eigenvalue weighted by atomic mass is 35.5. The van der Waals surface area contributed by atoms with Gasteiger partial charge >= 0.3 is 6.09 Å². The number of benzene rings is 1. The van der Waals surface area contributed by atoms with Crippen LogP contribution in [0.1, 0.15) is 27.2 Å². The number of aromatic nitrogens is 2. The highest BCUT2D eigenvalue weighted by molar-refractivity contribution is 6.32. The molecular formula is C18H21Cl2N3O3. The van der Waals surface area contributed by atoms with E-state index < -0.39 is 11.6 Å². The summed E-state index contributed by atoms with van der Waals surface area (Å²) in [4.78, 5) is 19.1. The lowest BCUT2D eigenvalue weighted by atomic mass is 9.91. The van der Waals surface area contributed by atoms with Crippen molar-refractivity contribution < 1.29 is 14.6 Å². The zero-order chi connectivity index (χ0) is 19.3. The fourth-order valence-corrected chi connectivity index (χ4v) is 3.20. The largest absolute Gasteiger partial charge is 0.490 e. The SMILES string of the molecule is CC(C)CC(C)(COc1ccc(-c2ccnc(Cl)n2)cc1Cl)NC(=O)O. The number of nitrogens with zero attached hydrogens (tertiary/aromatic N) is 2. The van der Waals surface area contributed by atoms with Crippen molar-refractivity contribution in [1.82, 2.24) is 15.3 Å². The van der Waals surface area contributed by atoms with Gasteiger partial charge in [0.25, 0.3) is 0 Å². The summed E-state index contributed by atoms with van der Waals surface area (Å²) >= 11 is 12.1. The summed E-state index contributed by atoms with van der Waals surface area (Å²) in [6, 6.07) is 6.99. The molecule has 140 valence electrons. The van der Waals surface area contributed by atoms with Crippen LogP contribution in [0.15, 0.2) is 30.5 Å². The minimum Gasteiger partial charge on any atom is -0.490 e. The number of carboxylic acid groups (broad SMARTS) is 1. The van der Waals surface area contributed by atoms with Crippen LogP contribution in [-0.2, 0) is 0 Å². The summed E-state index contributed by atoms with van der Waals surface area (Å²) in [5, 5.41) is 12.2. The van der Waals surface area contributed by atoms with Crippen LogP contribution in [0.25, 0.3) is 11.3 Å². The first-order chi connectivity index (χ1) is 12.2. The molecule has 2 N–H and O–H groups in total. The van der Waals surface area contributed by atoms with E-state index in [1.807, 2.05) is 26.8 Å².